The van der Waals surface area contributed by atoms with Crippen LogP contribution in [-0.4, -0.2) is 42.2 Å². The lowest BCUT2D eigenvalue weighted by Gasteiger charge is -2.36. The lowest BCUT2D eigenvalue weighted by molar-refractivity contribution is -0.137. The van der Waals surface area contributed by atoms with E-state index in [1.807, 2.05) is 29.2 Å². The number of hydrogen-bond acceptors (Lipinski definition) is 3. The number of rotatable bonds is 4. The summed E-state index contributed by atoms with van der Waals surface area (Å²) in [5.74, 6) is -0.0209. The third-order valence-electron chi connectivity index (χ3n) is 4.59. The maximum Gasteiger partial charge on any atom is 0.416 e. The molecule has 0 N–H and O–H groups in total. The van der Waals surface area contributed by atoms with Crippen LogP contribution >= 0.6 is 11.8 Å². The Bertz CT molecular complexity index is 830. The van der Waals surface area contributed by atoms with Gasteiger partial charge >= 0.3 is 6.18 Å². The zero-order valence-electron chi connectivity index (χ0n) is 15.9. The Morgan fingerprint density at radius 1 is 1.00 bits per heavy atom. The molecule has 0 atom stereocenters. The maximum atomic E-state index is 13.0. The van der Waals surface area contributed by atoms with Crippen molar-refractivity contribution in [2.75, 3.05) is 31.1 Å². The quantitative estimate of drug-likeness (QED) is 0.652. The predicted molar refractivity (Wildman–Crippen MR) is 107 cm³/mol. The van der Waals surface area contributed by atoms with E-state index in [-0.39, 0.29) is 5.91 Å². The molecule has 0 radical (unpaired) electrons. The van der Waals surface area contributed by atoms with Crippen molar-refractivity contribution in [3.05, 3.63) is 59.7 Å². The van der Waals surface area contributed by atoms with Gasteiger partial charge in [0.25, 0.3) is 5.91 Å². The van der Waals surface area contributed by atoms with E-state index < -0.39 is 11.7 Å². The van der Waals surface area contributed by atoms with Crippen molar-refractivity contribution in [1.29, 1.82) is 0 Å². The monoisotopic (exact) mass is 408 g/mol. The second-order valence-corrected chi connectivity index (χ2v) is 8.61. The topological polar surface area (TPSA) is 23.6 Å². The molecule has 0 unspecified atom stereocenters. The number of carbonyl (C=O) groups excluding carboxylic acids is 1. The van der Waals surface area contributed by atoms with Crippen molar-refractivity contribution in [2.45, 2.75) is 30.2 Å². The van der Waals surface area contributed by atoms with Gasteiger partial charge in [-0.25, -0.2) is 0 Å². The summed E-state index contributed by atoms with van der Waals surface area (Å²) in [6, 6.07) is 12.9. The number of amides is 1. The molecular weight excluding hydrogens is 385 g/mol. The molecule has 0 bridgehead atoms. The van der Waals surface area contributed by atoms with Crippen LogP contribution in [0.2, 0.25) is 0 Å². The molecule has 0 aliphatic carbocycles. The molecule has 2 aromatic carbocycles. The summed E-state index contributed by atoms with van der Waals surface area (Å²) < 4.78 is 38.8. The Kier molecular flexibility index (Phi) is 6.23. The summed E-state index contributed by atoms with van der Waals surface area (Å²) in [4.78, 5) is 17.6. The van der Waals surface area contributed by atoms with E-state index in [0.29, 0.717) is 42.7 Å². The molecule has 1 amide bonds. The first-order chi connectivity index (χ1) is 13.3. The van der Waals surface area contributed by atoms with E-state index in [0.717, 1.165) is 11.0 Å². The van der Waals surface area contributed by atoms with Crippen molar-refractivity contribution in [1.82, 2.24) is 4.90 Å². The van der Waals surface area contributed by atoms with Crippen LogP contribution in [-0.2, 0) is 6.18 Å². The summed E-state index contributed by atoms with van der Waals surface area (Å²) in [5.41, 5.74) is 0.578. The Labute approximate surface area is 167 Å². The number of alkyl halides is 3. The van der Waals surface area contributed by atoms with E-state index in [1.165, 1.54) is 12.1 Å². The molecule has 1 fully saturated rings. The minimum atomic E-state index is -4.36. The minimum absolute atomic E-state index is 0.0209. The molecule has 1 aliphatic rings. The number of nitrogens with zero attached hydrogens (tertiary/aromatic N) is 2. The Morgan fingerprint density at radius 3 is 2.32 bits per heavy atom. The number of thioether (sulfide) groups is 1. The lowest BCUT2D eigenvalue weighted by Crippen LogP contribution is -2.49. The SMILES string of the molecule is CC(C)Sc1ccccc1C(=O)N1CCN(c2cccc(C(F)(F)F)c2)CC1. The third kappa shape index (κ3) is 4.82. The Hall–Kier alpha value is -2.15. The van der Waals surface area contributed by atoms with Crippen LogP contribution in [0.1, 0.15) is 29.8 Å². The number of halogens is 3. The largest absolute Gasteiger partial charge is 0.416 e. The highest BCUT2D eigenvalue weighted by atomic mass is 32.2. The van der Waals surface area contributed by atoms with Crippen molar-refractivity contribution in [3.63, 3.8) is 0 Å². The zero-order chi connectivity index (χ0) is 20.3. The van der Waals surface area contributed by atoms with Crippen molar-refractivity contribution in [3.8, 4) is 0 Å². The highest BCUT2D eigenvalue weighted by molar-refractivity contribution is 8.00. The molecule has 0 aromatic heterocycles. The van der Waals surface area contributed by atoms with Crippen LogP contribution in [0.25, 0.3) is 0 Å². The lowest BCUT2D eigenvalue weighted by atomic mass is 10.1. The van der Waals surface area contributed by atoms with Gasteiger partial charge in [0.1, 0.15) is 0 Å². The summed E-state index contributed by atoms with van der Waals surface area (Å²) in [5, 5.41) is 0.367. The van der Waals surface area contributed by atoms with Crippen LogP contribution in [0.15, 0.2) is 53.4 Å². The minimum Gasteiger partial charge on any atom is -0.368 e. The molecule has 3 rings (SSSR count). The van der Waals surface area contributed by atoms with E-state index >= 15 is 0 Å². The first-order valence-electron chi connectivity index (χ1n) is 9.23. The van der Waals surface area contributed by atoms with Crippen molar-refractivity contribution < 1.29 is 18.0 Å². The second-order valence-electron chi connectivity index (χ2n) is 6.99. The highest BCUT2D eigenvalue weighted by Crippen LogP contribution is 2.32. The van der Waals surface area contributed by atoms with Crippen LogP contribution in [0.5, 0.6) is 0 Å². The van der Waals surface area contributed by atoms with Crippen molar-refractivity contribution >= 4 is 23.4 Å². The van der Waals surface area contributed by atoms with E-state index in [2.05, 4.69) is 13.8 Å². The molecular formula is C21H23F3N2OS. The third-order valence-corrected chi connectivity index (χ3v) is 5.67. The van der Waals surface area contributed by atoms with Gasteiger partial charge < -0.3 is 9.80 Å². The fraction of sp³-hybridized carbons (Fsp3) is 0.381. The molecule has 0 spiro atoms. The van der Waals surface area contributed by atoms with E-state index in [9.17, 15) is 18.0 Å². The van der Waals surface area contributed by atoms with Gasteiger partial charge in [0, 0.05) is 42.0 Å². The summed E-state index contributed by atoms with van der Waals surface area (Å²) in [6.07, 6.45) is -4.36. The molecule has 2 aromatic rings. The van der Waals surface area contributed by atoms with Gasteiger partial charge in [-0.15, -0.1) is 11.8 Å². The Morgan fingerprint density at radius 2 is 1.68 bits per heavy atom. The molecule has 1 aliphatic heterocycles. The normalized spacial score (nSPS) is 15.2. The number of carbonyl (C=O) groups is 1. The summed E-state index contributed by atoms with van der Waals surface area (Å²) >= 11 is 1.65. The van der Waals surface area contributed by atoms with Gasteiger partial charge in [0.2, 0.25) is 0 Å². The van der Waals surface area contributed by atoms with Gasteiger partial charge in [-0.2, -0.15) is 13.2 Å². The molecule has 1 heterocycles. The van der Waals surface area contributed by atoms with Crippen molar-refractivity contribution in [2.24, 2.45) is 0 Å². The van der Waals surface area contributed by atoms with Crippen LogP contribution in [0, 0.1) is 0 Å². The number of piperazine rings is 1. The average Bonchev–Trinajstić information content (AvgIpc) is 2.67. The zero-order valence-corrected chi connectivity index (χ0v) is 16.7. The molecule has 7 heteroatoms. The van der Waals surface area contributed by atoms with Gasteiger partial charge in [-0.05, 0) is 30.3 Å². The summed E-state index contributed by atoms with van der Waals surface area (Å²) in [6.45, 7) is 6.14. The molecule has 0 saturated carbocycles. The molecule has 3 nitrogen and oxygen atoms in total. The predicted octanol–water partition coefficient (Wildman–Crippen LogP) is 5.17. The first-order valence-corrected chi connectivity index (χ1v) is 10.1. The van der Waals surface area contributed by atoms with E-state index in [4.69, 9.17) is 0 Å². The molecule has 150 valence electrons. The van der Waals surface area contributed by atoms with Gasteiger partial charge in [-0.1, -0.05) is 32.0 Å². The van der Waals surface area contributed by atoms with Gasteiger partial charge in [0.05, 0.1) is 11.1 Å². The second kappa shape index (κ2) is 8.47. The molecule has 1 saturated heterocycles. The maximum absolute atomic E-state index is 13.0. The summed E-state index contributed by atoms with van der Waals surface area (Å²) in [7, 11) is 0. The Balaban J connectivity index is 1.69. The van der Waals surface area contributed by atoms with Gasteiger partial charge in [-0.3, -0.25) is 4.79 Å². The highest BCUT2D eigenvalue weighted by Gasteiger charge is 2.31. The number of anilines is 1. The van der Waals surface area contributed by atoms with Gasteiger partial charge in [0.15, 0.2) is 0 Å². The average molecular weight is 408 g/mol. The number of benzene rings is 2. The van der Waals surface area contributed by atoms with Crippen LogP contribution < -0.4 is 4.90 Å². The van der Waals surface area contributed by atoms with Crippen LogP contribution in [0.4, 0.5) is 18.9 Å². The fourth-order valence-corrected chi connectivity index (χ4v) is 4.16. The van der Waals surface area contributed by atoms with Crippen LogP contribution in [0.3, 0.4) is 0 Å². The van der Waals surface area contributed by atoms with E-state index in [1.54, 1.807) is 22.7 Å². The fourth-order valence-electron chi connectivity index (χ4n) is 3.22. The molecule has 28 heavy (non-hydrogen) atoms. The standard InChI is InChI=1S/C21H23F3N2OS/c1-15(2)28-19-9-4-3-8-18(19)20(27)26-12-10-25(11-13-26)17-7-5-6-16(14-17)21(22,23)24/h3-9,14-15H,10-13H2,1-2H3. The smallest absolute Gasteiger partial charge is 0.368 e. The number of hydrogen-bond donors (Lipinski definition) is 0. The first kappa shape index (κ1) is 20.6.